The number of rotatable bonds is 9. The fraction of sp³-hybridized carbons (Fsp3) is 0.487. The van der Waals surface area contributed by atoms with E-state index in [0.29, 0.717) is 30.9 Å². The Kier molecular flexibility index (Phi) is 10.1. The number of hydrogen-bond acceptors (Lipinski definition) is 8. The Hall–Kier alpha value is -3.80. The molecule has 2 unspecified atom stereocenters. The molecule has 2 aliphatic heterocycles. The molecular weight excluding hydrogens is 685 g/mol. The highest BCUT2D eigenvalue weighted by molar-refractivity contribution is 6.99. The number of amides is 1. The minimum Gasteiger partial charge on any atom is -0.463 e. The average molecular weight is 734 g/mol. The molecule has 12 heteroatoms. The summed E-state index contributed by atoms with van der Waals surface area (Å²) in [7, 11) is -2.78. The van der Waals surface area contributed by atoms with Gasteiger partial charge in [0.25, 0.3) is 8.32 Å². The van der Waals surface area contributed by atoms with Crippen LogP contribution in [0.15, 0.2) is 66.9 Å². The van der Waals surface area contributed by atoms with Crippen molar-refractivity contribution >= 4 is 53.1 Å². The Balaban J connectivity index is 1.26. The molecule has 2 fully saturated rings. The van der Waals surface area contributed by atoms with Gasteiger partial charge in [-0.25, -0.2) is 14.2 Å². The first-order valence-corrected chi connectivity index (χ1v) is 19.9. The highest BCUT2D eigenvalue weighted by Crippen LogP contribution is 2.39. The van der Waals surface area contributed by atoms with Crippen LogP contribution in [0, 0.1) is 11.2 Å². The lowest BCUT2D eigenvalue weighted by Crippen LogP contribution is -2.67. The predicted octanol–water partition coefficient (Wildman–Crippen LogP) is 7.39. The number of carbonyl (C=O) groups excluding carboxylic acids is 1. The lowest BCUT2D eigenvalue weighted by molar-refractivity contribution is 0.0122. The second-order valence-corrected chi connectivity index (χ2v) is 21.2. The molecule has 4 aromatic rings. The van der Waals surface area contributed by atoms with Crippen LogP contribution in [-0.4, -0.2) is 78.3 Å². The van der Waals surface area contributed by atoms with E-state index < -0.39 is 25.2 Å². The first-order valence-electron chi connectivity index (χ1n) is 17.6. The Morgan fingerprint density at radius 3 is 1.98 bits per heavy atom. The van der Waals surface area contributed by atoms with Crippen molar-refractivity contribution in [3.8, 4) is 6.01 Å². The van der Waals surface area contributed by atoms with E-state index in [1.165, 1.54) is 16.6 Å². The van der Waals surface area contributed by atoms with E-state index in [9.17, 15) is 4.79 Å². The highest BCUT2D eigenvalue weighted by atomic mass is 35.5. The second kappa shape index (κ2) is 14.0. The van der Waals surface area contributed by atoms with Gasteiger partial charge in [-0.1, -0.05) is 107 Å². The summed E-state index contributed by atoms with van der Waals surface area (Å²) in [6, 6.07) is 20.9. The molecule has 0 spiro atoms. The number of hydrogen-bond donors (Lipinski definition) is 0. The van der Waals surface area contributed by atoms with Crippen molar-refractivity contribution in [1.29, 1.82) is 0 Å². The van der Waals surface area contributed by atoms with Crippen LogP contribution in [-0.2, 0) is 9.16 Å². The van der Waals surface area contributed by atoms with Gasteiger partial charge in [-0.2, -0.15) is 9.97 Å². The molecule has 51 heavy (non-hydrogen) atoms. The van der Waals surface area contributed by atoms with Gasteiger partial charge in [0.2, 0.25) is 0 Å². The van der Waals surface area contributed by atoms with Crippen molar-refractivity contribution in [1.82, 2.24) is 19.9 Å². The summed E-state index contributed by atoms with van der Waals surface area (Å²) in [5.74, 6) is -0.229. The first-order chi connectivity index (χ1) is 24.0. The van der Waals surface area contributed by atoms with E-state index in [0.717, 1.165) is 12.8 Å². The molecule has 272 valence electrons. The zero-order chi connectivity index (χ0) is 36.8. The average Bonchev–Trinajstić information content (AvgIpc) is 3.34. The van der Waals surface area contributed by atoms with Gasteiger partial charge < -0.3 is 18.8 Å². The third kappa shape index (κ3) is 7.57. The topological polar surface area (TPSA) is 89.9 Å². The Morgan fingerprint density at radius 1 is 0.882 bits per heavy atom. The van der Waals surface area contributed by atoms with E-state index in [-0.39, 0.29) is 46.5 Å². The molecule has 0 saturated carbocycles. The number of anilines is 1. The van der Waals surface area contributed by atoms with Gasteiger partial charge in [-0.05, 0) is 49.0 Å². The third-order valence-electron chi connectivity index (χ3n) is 9.68. The van der Waals surface area contributed by atoms with Crippen LogP contribution in [0.5, 0.6) is 6.01 Å². The summed E-state index contributed by atoms with van der Waals surface area (Å²) in [6.45, 7) is 18.2. The Morgan fingerprint density at radius 2 is 1.45 bits per heavy atom. The normalized spacial score (nSPS) is 18.3. The lowest BCUT2D eigenvalue weighted by atomic mass is 9.97. The number of piperazine rings is 1. The number of fused-ring (bicyclic) bond motifs is 3. The molecule has 2 atom stereocenters. The van der Waals surface area contributed by atoms with Crippen molar-refractivity contribution in [2.75, 3.05) is 31.2 Å². The molecule has 9 nitrogen and oxygen atoms in total. The van der Waals surface area contributed by atoms with Crippen LogP contribution in [0.25, 0.3) is 10.9 Å². The molecule has 0 aliphatic carbocycles. The maximum atomic E-state index is 15.5. The summed E-state index contributed by atoms with van der Waals surface area (Å²) in [4.78, 5) is 30.5. The van der Waals surface area contributed by atoms with Gasteiger partial charge in [0, 0.05) is 31.3 Å². The van der Waals surface area contributed by atoms with Crippen LogP contribution >= 0.6 is 11.6 Å². The van der Waals surface area contributed by atoms with E-state index in [2.05, 4.69) is 98.0 Å². The van der Waals surface area contributed by atoms with Crippen LogP contribution in [0.2, 0.25) is 10.2 Å². The maximum absolute atomic E-state index is 15.5. The summed E-state index contributed by atoms with van der Waals surface area (Å²) in [6.07, 6.45) is 2.87. The Labute approximate surface area is 306 Å². The molecule has 2 bridgehead atoms. The first kappa shape index (κ1) is 37.0. The number of halogens is 2. The maximum Gasteiger partial charge on any atom is 0.410 e. The molecule has 2 aromatic carbocycles. The zero-order valence-corrected chi connectivity index (χ0v) is 32.6. The van der Waals surface area contributed by atoms with E-state index in [1.807, 2.05) is 37.8 Å². The van der Waals surface area contributed by atoms with Gasteiger partial charge in [0.05, 0.1) is 24.1 Å². The van der Waals surface area contributed by atoms with Crippen LogP contribution < -0.4 is 20.0 Å². The number of pyridine rings is 1. The summed E-state index contributed by atoms with van der Waals surface area (Å²) >= 11 is 6.14. The third-order valence-corrected chi connectivity index (χ3v) is 14.9. The number of ether oxygens (including phenoxy) is 2. The van der Waals surface area contributed by atoms with Gasteiger partial charge in [0.15, 0.2) is 11.0 Å². The SMILES string of the molecule is CC(C)(COc1nc(N2CC3CCC(C2)N3C(=O)OC(C)(C)C)c2cnc(Cl)c(F)c2n1)CO[Si](c1ccccc1)(c1ccccc1)C(C)(C)C. The minimum atomic E-state index is -2.78. The van der Waals surface area contributed by atoms with Crippen molar-refractivity contribution in [3.63, 3.8) is 0 Å². The van der Waals surface area contributed by atoms with Crippen LogP contribution in [0.4, 0.5) is 15.0 Å². The van der Waals surface area contributed by atoms with Crippen molar-refractivity contribution < 1.29 is 23.1 Å². The minimum absolute atomic E-state index is 0.0401. The van der Waals surface area contributed by atoms with Crippen molar-refractivity contribution in [2.45, 2.75) is 91.0 Å². The molecule has 0 N–H and O–H groups in total. The predicted molar refractivity (Wildman–Crippen MR) is 202 cm³/mol. The van der Waals surface area contributed by atoms with E-state index in [4.69, 9.17) is 30.5 Å². The van der Waals surface area contributed by atoms with Crippen LogP contribution in [0.3, 0.4) is 0 Å². The van der Waals surface area contributed by atoms with Gasteiger partial charge >= 0.3 is 12.1 Å². The molecule has 4 heterocycles. The van der Waals surface area contributed by atoms with Gasteiger partial charge in [-0.15, -0.1) is 0 Å². The summed E-state index contributed by atoms with van der Waals surface area (Å²) < 4.78 is 34.8. The lowest BCUT2D eigenvalue weighted by Gasteiger charge is -2.44. The largest absolute Gasteiger partial charge is 0.463 e. The monoisotopic (exact) mass is 733 g/mol. The summed E-state index contributed by atoms with van der Waals surface area (Å²) in [5, 5.41) is 2.38. The van der Waals surface area contributed by atoms with E-state index in [1.54, 1.807) is 0 Å². The Bertz CT molecular complexity index is 1820. The fourth-order valence-electron chi connectivity index (χ4n) is 7.36. The highest BCUT2D eigenvalue weighted by Gasteiger charge is 2.51. The number of aromatic nitrogens is 3. The van der Waals surface area contributed by atoms with Gasteiger partial charge in [-0.3, -0.25) is 4.90 Å². The number of benzene rings is 2. The smallest absolute Gasteiger partial charge is 0.410 e. The molecule has 1 amide bonds. The number of nitrogens with zero attached hydrogens (tertiary/aromatic N) is 5. The molecule has 0 radical (unpaired) electrons. The molecule has 2 aliphatic rings. The summed E-state index contributed by atoms with van der Waals surface area (Å²) in [5.41, 5.74) is -1.03. The molecular formula is C39H49ClFN5O4Si. The number of carbonyl (C=O) groups is 1. The van der Waals surface area contributed by atoms with Gasteiger partial charge in [0.1, 0.15) is 16.9 Å². The quantitative estimate of drug-likeness (QED) is 0.130. The van der Waals surface area contributed by atoms with Crippen molar-refractivity contribution in [2.24, 2.45) is 5.41 Å². The standard InChI is InChI=1S/C39H49ClFN5O4Si/c1-37(2,3)50-36(47)46-26-19-20-27(46)23-45(22-26)34-30-21-42-33(40)31(41)32(30)43-35(44-34)48-24-39(7,8)25-49-51(38(4,5)6,28-15-11-9-12-16-28)29-17-13-10-14-18-29/h9-18,21,26-27H,19-20,22-25H2,1-8H3. The zero-order valence-electron chi connectivity index (χ0n) is 30.9. The molecule has 2 saturated heterocycles. The molecule has 6 rings (SSSR count). The fourth-order valence-corrected chi connectivity index (χ4v) is 12.3. The molecule has 2 aromatic heterocycles. The van der Waals surface area contributed by atoms with Crippen LogP contribution in [0.1, 0.15) is 68.2 Å². The van der Waals surface area contributed by atoms with Crippen molar-refractivity contribution in [3.05, 3.63) is 77.8 Å². The second-order valence-electron chi connectivity index (χ2n) is 16.5. The van der Waals surface area contributed by atoms with E-state index >= 15 is 4.39 Å².